The standard InChI is InChI=1S/C18H21N7O/c26-18-5-9-3-10(6-18)14(11(4-9)7-18)21-15-12-1-2-19-16(12)20-8-13(15)17-22-24-25-23-17/h1-2,8-11,14,26H,3-7H2,(H2,19,20,21)(H,22,23,24,25)/t9?,10-,11+,14?,18?. The summed E-state index contributed by atoms with van der Waals surface area (Å²) in [5.41, 5.74) is 2.30. The van der Waals surface area contributed by atoms with Gasteiger partial charge in [-0.25, -0.2) is 4.98 Å². The number of nitrogens with one attached hydrogen (secondary N) is 3. The van der Waals surface area contributed by atoms with E-state index in [9.17, 15) is 5.11 Å². The molecule has 0 aliphatic heterocycles. The van der Waals surface area contributed by atoms with Crippen LogP contribution in [0, 0.1) is 17.8 Å². The molecule has 4 saturated carbocycles. The molecular formula is C18H21N7O. The minimum absolute atomic E-state index is 0.373. The molecule has 4 bridgehead atoms. The first-order chi connectivity index (χ1) is 12.7. The molecule has 0 aromatic carbocycles. The monoisotopic (exact) mass is 351 g/mol. The summed E-state index contributed by atoms with van der Waals surface area (Å²) in [6.07, 6.45) is 8.97. The van der Waals surface area contributed by atoms with Crippen LogP contribution in [0.1, 0.15) is 32.1 Å². The van der Waals surface area contributed by atoms with Crippen molar-refractivity contribution in [2.75, 3.05) is 5.32 Å². The van der Waals surface area contributed by atoms with Gasteiger partial charge in [-0.1, -0.05) is 0 Å². The first-order valence-electron chi connectivity index (χ1n) is 9.37. The van der Waals surface area contributed by atoms with Crippen LogP contribution in [0.25, 0.3) is 22.4 Å². The Labute approximate surface area is 149 Å². The topological polar surface area (TPSA) is 115 Å². The van der Waals surface area contributed by atoms with E-state index in [0.717, 1.165) is 41.5 Å². The summed E-state index contributed by atoms with van der Waals surface area (Å²) in [6.45, 7) is 0. The van der Waals surface area contributed by atoms with Crippen LogP contribution < -0.4 is 5.32 Å². The van der Waals surface area contributed by atoms with Gasteiger partial charge in [0.25, 0.3) is 0 Å². The van der Waals surface area contributed by atoms with Crippen LogP contribution in [0.15, 0.2) is 18.5 Å². The maximum atomic E-state index is 10.9. The molecule has 4 N–H and O–H groups in total. The largest absolute Gasteiger partial charge is 0.390 e. The SMILES string of the molecule is OC12CC3C[C@H](C1)C(Nc1c(-c4nn[nH]n4)cnc4[nH]ccc14)[C@@H](C3)C2. The van der Waals surface area contributed by atoms with E-state index in [2.05, 4.69) is 35.9 Å². The predicted octanol–water partition coefficient (Wildman–Crippen LogP) is 2.09. The highest BCUT2D eigenvalue weighted by molar-refractivity contribution is 5.97. The summed E-state index contributed by atoms with van der Waals surface area (Å²) in [5, 5.41) is 30.3. The number of aliphatic hydroxyl groups is 1. The number of fused-ring (bicyclic) bond motifs is 1. The number of rotatable bonds is 3. The van der Waals surface area contributed by atoms with Gasteiger partial charge < -0.3 is 15.4 Å². The highest BCUT2D eigenvalue weighted by atomic mass is 16.3. The molecule has 8 heteroatoms. The van der Waals surface area contributed by atoms with Gasteiger partial charge in [-0.3, -0.25) is 0 Å². The maximum absolute atomic E-state index is 10.9. The summed E-state index contributed by atoms with van der Waals surface area (Å²) >= 11 is 0. The molecule has 0 saturated heterocycles. The van der Waals surface area contributed by atoms with E-state index in [0.29, 0.717) is 29.6 Å². The van der Waals surface area contributed by atoms with Crippen molar-refractivity contribution in [3.63, 3.8) is 0 Å². The average molecular weight is 351 g/mol. The molecule has 3 aromatic heterocycles. The van der Waals surface area contributed by atoms with E-state index >= 15 is 0 Å². The van der Waals surface area contributed by atoms with Gasteiger partial charge in [-0.2, -0.15) is 5.21 Å². The van der Waals surface area contributed by atoms with Crippen LogP contribution in [0.2, 0.25) is 0 Å². The molecule has 4 fully saturated rings. The fourth-order valence-corrected chi connectivity index (χ4v) is 5.99. The van der Waals surface area contributed by atoms with Crippen molar-refractivity contribution in [3.05, 3.63) is 18.5 Å². The van der Waals surface area contributed by atoms with Gasteiger partial charge in [-0.15, -0.1) is 10.2 Å². The van der Waals surface area contributed by atoms with Gasteiger partial charge in [0.15, 0.2) is 0 Å². The zero-order valence-corrected chi connectivity index (χ0v) is 14.3. The van der Waals surface area contributed by atoms with E-state index < -0.39 is 5.60 Å². The number of aromatic nitrogens is 6. The Hall–Kier alpha value is -2.48. The van der Waals surface area contributed by atoms with Crippen LogP contribution >= 0.6 is 0 Å². The minimum atomic E-state index is -0.424. The number of pyridine rings is 1. The van der Waals surface area contributed by atoms with Crippen molar-refractivity contribution in [1.29, 1.82) is 0 Å². The Bertz CT molecular complexity index is 949. The molecule has 3 heterocycles. The summed E-state index contributed by atoms with van der Waals surface area (Å²) in [5.74, 6) is 2.28. The van der Waals surface area contributed by atoms with Gasteiger partial charge in [0, 0.05) is 23.8 Å². The Morgan fingerprint density at radius 3 is 2.77 bits per heavy atom. The molecule has 3 unspecified atom stereocenters. The van der Waals surface area contributed by atoms with E-state index in [-0.39, 0.29) is 0 Å². The normalized spacial score (nSPS) is 35.3. The molecule has 4 aliphatic carbocycles. The van der Waals surface area contributed by atoms with Crippen molar-refractivity contribution < 1.29 is 5.11 Å². The lowest BCUT2D eigenvalue weighted by Gasteiger charge is -2.58. The third kappa shape index (κ3) is 2.05. The summed E-state index contributed by atoms with van der Waals surface area (Å²) in [7, 11) is 0. The van der Waals surface area contributed by atoms with Gasteiger partial charge in [0.05, 0.1) is 16.9 Å². The van der Waals surface area contributed by atoms with Crippen LogP contribution in [0.3, 0.4) is 0 Å². The number of nitrogens with zero attached hydrogens (tertiary/aromatic N) is 4. The molecule has 26 heavy (non-hydrogen) atoms. The lowest BCUT2D eigenvalue weighted by atomic mass is 9.52. The Balaban J connectivity index is 1.43. The van der Waals surface area contributed by atoms with Gasteiger partial charge in [-0.05, 0) is 61.1 Å². The maximum Gasteiger partial charge on any atom is 0.208 e. The molecular weight excluding hydrogens is 330 g/mol. The van der Waals surface area contributed by atoms with E-state index in [1.807, 2.05) is 12.3 Å². The third-order valence-electron chi connectivity index (χ3n) is 6.72. The lowest BCUT2D eigenvalue weighted by Crippen LogP contribution is -2.59. The fourth-order valence-electron chi connectivity index (χ4n) is 5.99. The predicted molar refractivity (Wildman–Crippen MR) is 95.2 cm³/mol. The zero-order valence-electron chi connectivity index (χ0n) is 14.3. The molecule has 3 aromatic rings. The zero-order chi connectivity index (χ0) is 17.3. The van der Waals surface area contributed by atoms with Crippen LogP contribution in [0.5, 0.6) is 0 Å². The quantitative estimate of drug-likeness (QED) is 0.574. The molecule has 7 rings (SSSR count). The second-order valence-corrected chi connectivity index (χ2v) is 8.39. The van der Waals surface area contributed by atoms with Crippen LogP contribution in [0.4, 0.5) is 5.69 Å². The highest BCUT2D eigenvalue weighted by Crippen LogP contribution is 2.56. The third-order valence-corrected chi connectivity index (χ3v) is 6.72. The van der Waals surface area contributed by atoms with Crippen molar-refractivity contribution >= 4 is 16.7 Å². The van der Waals surface area contributed by atoms with E-state index in [1.165, 1.54) is 12.8 Å². The molecule has 4 aliphatic rings. The molecule has 0 amide bonds. The number of tetrazole rings is 1. The molecule has 5 atom stereocenters. The summed E-state index contributed by atoms with van der Waals surface area (Å²) < 4.78 is 0. The Kier molecular flexibility index (Phi) is 2.84. The summed E-state index contributed by atoms with van der Waals surface area (Å²) in [6, 6.07) is 2.41. The summed E-state index contributed by atoms with van der Waals surface area (Å²) in [4.78, 5) is 7.68. The average Bonchev–Trinajstić information content (AvgIpc) is 3.27. The number of hydrogen-bond acceptors (Lipinski definition) is 6. The Morgan fingerprint density at radius 1 is 1.19 bits per heavy atom. The first-order valence-corrected chi connectivity index (χ1v) is 9.37. The van der Waals surface area contributed by atoms with Crippen molar-refractivity contribution in [2.24, 2.45) is 17.8 Å². The minimum Gasteiger partial charge on any atom is -0.390 e. The number of aromatic amines is 2. The lowest BCUT2D eigenvalue weighted by molar-refractivity contribution is -0.129. The highest BCUT2D eigenvalue weighted by Gasteiger charge is 2.54. The second-order valence-electron chi connectivity index (χ2n) is 8.39. The number of hydrogen-bond donors (Lipinski definition) is 4. The molecule has 0 spiro atoms. The fraction of sp³-hybridized carbons (Fsp3) is 0.556. The van der Waals surface area contributed by atoms with Crippen LogP contribution in [-0.2, 0) is 0 Å². The van der Waals surface area contributed by atoms with Gasteiger partial charge in [0.2, 0.25) is 5.82 Å². The molecule has 134 valence electrons. The van der Waals surface area contributed by atoms with Gasteiger partial charge >= 0.3 is 0 Å². The van der Waals surface area contributed by atoms with E-state index in [4.69, 9.17) is 0 Å². The second kappa shape index (κ2) is 5.03. The number of H-pyrrole nitrogens is 2. The van der Waals surface area contributed by atoms with Crippen molar-refractivity contribution in [3.8, 4) is 11.4 Å². The van der Waals surface area contributed by atoms with Crippen molar-refractivity contribution in [1.82, 2.24) is 30.6 Å². The number of anilines is 1. The van der Waals surface area contributed by atoms with E-state index in [1.54, 1.807) is 6.20 Å². The van der Waals surface area contributed by atoms with Crippen LogP contribution in [-0.4, -0.2) is 47.3 Å². The van der Waals surface area contributed by atoms with Crippen molar-refractivity contribution in [2.45, 2.75) is 43.7 Å². The first kappa shape index (κ1) is 14.7. The molecule has 0 radical (unpaired) electrons. The molecule has 8 nitrogen and oxygen atoms in total. The van der Waals surface area contributed by atoms with Gasteiger partial charge in [0.1, 0.15) is 5.65 Å². The smallest absolute Gasteiger partial charge is 0.208 e. The Morgan fingerprint density at radius 2 is 2.04 bits per heavy atom.